The molecule has 0 aromatic heterocycles. The van der Waals surface area contributed by atoms with Gasteiger partial charge in [-0.05, 0) is 18.1 Å². The van der Waals surface area contributed by atoms with E-state index in [0.717, 1.165) is 12.1 Å². The molecule has 17 heavy (non-hydrogen) atoms. The van der Waals surface area contributed by atoms with Crippen molar-refractivity contribution < 1.29 is 28.2 Å². The summed E-state index contributed by atoms with van der Waals surface area (Å²) in [5, 5.41) is 17.5. The summed E-state index contributed by atoms with van der Waals surface area (Å²) in [4.78, 5) is 10.6. The Kier molecular flexibility index (Phi) is 4.11. The van der Waals surface area contributed by atoms with Gasteiger partial charge < -0.3 is 10.2 Å². The SMILES string of the molecule is O=C(O)[C@@H](CO)Cc1cccc(C(F)(F)F)c1. The molecule has 1 aromatic carbocycles. The van der Waals surface area contributed by atoms with Crippen molar-refractivity contribution in [2.45, 2.75) is 12.6 Å². The van der Waals surface area contributed by atoms with Crippen molar-refractivity contribution in [1.29, 1.82) is 0 Å². The molecule has 0 saturated carbocycles. The van der Waals surface area contributed by atoms with Crippen molar-refractivity contribution in [3.8, 4) is 0 Å². The lowest BCUT2D eigenvalue weighted by molar-refractivity contribution is -0.143. The normalized spacial score (nSPS) is 13.4. The Morgan fingerprint density at radius 2 is 2.00 bits per heavy atom. The van der Waals surface area contributed by atoms with Gasteiger partial charge >= 0.3 is 12.1 Å². The van der Waals surface area contributed by atoms with E-state index < -0.39 is 30.2 Å². The minimum Gasteiger partial charge on any atom is -0.481 e. The zero-order valence-electron chi connectivity index (χ0n) is 8.74. The molecule has 1 aromatic rings. The van der Waals surface area contributed by atoms with Crippen molar-refractivity contribution >= 4 is 5.97 Å². The molecule has 0 spiro atoms. The molecule has 6 heteroatoms. The van der Waals surface area contributed by atoms with Crippen LogP contribution in [-0.2, 0) is 17.4 Å². The summed E-state index contributed by atoms with van der Waals surface area (Å²) < 4.78 is 37.1. The van der Waals surface area contributed by atoms with Crippen LogP contribution < -0.4 is 0 Å². The van der Waals surface area contributed by atoms with Crippen molar-refractivity contribution in [3.05, 3.63) is 35.4 Å². The predicted molar refractivity (Wildman–Crippen MR) is 53.4 cm³/mol. The second kappa shape index (κ2) is 5.18. The average molecular weight is 248 g/mol. The van der Waals surface area contributed by atoms with Crippen LogP contribution in [0.3, 0.4) is 0 Å². The fourth-order valence-corrected chi connectivity index (χ4v) is 1.39. The number of aliphatic carboxylic acids is 1. The van der Waals surface area contributed by atoms with E-state index in [1.165, 1.54) is 12.1 Å². The number of rotatable bonds is 4. The molecule has 1 atom stereocenters. The summed E-state index contributed by atoms with van der Waals surface area (Å²) >= 11 is 0. The molecule has 0 amide bonds. The number of aliphatic hydroxyl groups is 1. The van der Waals surface area contributed by atoms with Gasteiger partial charge in [-0.25, -0.2) is 0 Å². The summed E-state index contributed by atoms with van der Waals surface area (Å²) in [6.45, 7) is -0.606. The maximum atomic E-state index is 12.4. The van der Waals surface area contributed by atoms with Crippen LogP contribution in [0.2, 0.25) is 0 Å². The predicted octanol–water partition coefficient (Wildman–Crippen LogP) is 1.94. The number of hydrogen-bond acceptors (Lipinski definition) is 2. The fourth-order valence-electron chi connectivity index (χ4n) is 1.39. The minimum atomic E-state index is -4.45. The smallest absolute Gasteiger partial charge is 0.416 e. The number of carbonyl (C=O) groups is 1. The number of carboxylic acid groups (broad SMARTS) is 1. The third-order valence-corrected chi connectivity index (χ3v) is 2.31. The van der Waals surface area contributed by atoms with E-state index in [4.69, 9.17) is 10.2 Å². The van der Waals surface area contributed by atoms with Crippen molar-refractivity contribution in [2.75, 3.05) is 6.61 Å². The molecule has 0 heterocycles. The first-order chi connectivity index (χ1) is 7.84. The van der Waals surface area contributed by atoms with Crippen LogP contribution in [0.1, 0.15) is 11.1 Å². The van der Waals surface area contributed by atoms with Crippen LogP contribution in [0.5, 0.6) is 0 Å². The molecule has 0 unspecified atom stereocenters. The third kappa shape index (κ3) is 3.74. The number of carboxylic acids is 1. The first-order valence-corrected chi connectivity index (χ1v) is 4.84. The molecule has 0 aliphatic carbocycles. The van der Waals surface area contributed by atoms with Gasteiger partial charge in [-0.2, -0.15) is 13.2 Å². The van der Waals surface area contributed by atoms with Crippen molar-refractivity contribution in [3.63, 3.8) is 0 Å². The zero-order valence-corrected chi connectivity index (χ0v) is 8.74. The van der Waals surface area contributed by atoms with Gasteiger partial charge in [0.2, 0.25) is 0 Å². The van der Waals surface area contributed by atoms with Gasteiger partial charge in [-0.15, -0.1) is 0 Å². The molecule has 94 valence electrons. The number of benzene rings is 1. The topological polar surface area (TPSA) is 57.5 Å². The largest absolute Gasteiger partial charge is 0.481 e. The van der Waals surface area contributed by atoms with Gasteiger partial charge in [-0.3, -0.25) is 4.79 Å². The average Bonchev–Trinajstić information content (AvgIpc) is 2.24. The van der Waals surface area contributed by atoms with E-state index in [1.54, 1.807) is 0 Å². The third-order valence-electron chi connectivity index (χ3n) is 2.31. The molecular formula is C11H11F3O3. The van der Waals surface area contributed by atoms with Gasteiger partial charge in [-0.1, -0.05) is 18.2 Å². The van der Waals surface area contributed by atoms with E-state index in [1.807, 2.05) is 0 Å². The van der Waals surface area contributed by atoms with Crippen LogP contribution in [0.15, 0.2) is 24.3 Å². The number of alkyl halides is 3. The highest BCUT2D eigenvalue weighted by atomic mass is 19.4. The lowest BCUT2D eigenvalue weighted by Gasteiger charge is -2.11. The summed E-state index contributed by atoms with van der Waals surface area (Å²) in [6.07, 6.45) is -4.58. The number of hydrogen-bond donors (Lipinski definition) is 2. The molecule has 0 aliphatic rings. The second-order valence-corrected chi connectivity index (χ2v) is 3.62. The first-order valence-electron chi connectivity index (χ1n) is 4.84. The monoisotopic (exact) mass is 248 g/mol. The van der Waals surface area contributed by atoms with E-state index in [-0.39, 0.29) is 12.0 Å². The molecule has 1 rings (SSSR count). The lowest BCUT2D eigenvalue weighted by Crippen LogP contribution is -2.20. The highest BCUT2D eigenvalue weighted by Crippen LogP contribution is 2.29. The molecule has 2 N–H and O–H groups in total. The van der Waals surface area contributed by atoms with Gasteiger partial charge in [0.25, 0.3) is 0 Å². The summed E-state index contributed by atoms with van der Waals surface area (Å²) in [5.74, 6) is -2.32. The van der Waals surface area contributed by atoms with E-state index in [0.29, 0.717) is 0 Å². The Morgan fingerprint density at radius 3 is 2.47 bits per heavy atom. The highest BCUT2D eigenvalue weighted by molar-refractivity contribution is 5.70. The zero-order chi connectivity index (χ0) is 13.1. The highest BCUT2D eigenvalue weighted by Gasteiger charge is 2.30. The maximum absolute atomic E-state index is 12.4. The van der Waals surface area contributed by atoms with E-state index >= 15 is 0 Å². The van der Waals surface area contributed by atoms with Crippen LogP contribution in [0, 0.1) is 5.92 Å². The lowest BCUT2D eigenvalue weighted by atomic mass is 9.98. The molecule has 0 fully saturated rings. The first kappa shape index (κ1) is 13.5. The molecule has 0 saturated heterocycles. The Bertz CT molecular complexity index is 401. The van der Waals surface area contributed by atoms with Crippen LogP contribution in [0.25, 0.3) is 0 Å². The Balaban J connectivity index is 2.89. The Labute approximate surface area is 95.5 Å². The number of halogens is 3. The summed E-state index contributed by atoms with van der Waals surface area (Å²) in [7, 11) is 0. The van der Waals surface area contributed by atoms with Gasteiger partial charge in [0, 0.05) is 0 Å². The van der Waals surface area contributed by atoms with Crippen LogP contribution in [-0.4, -0.2) is 22.8 Å². The standard InChI is InChI=1S/C11H11F3O3/c12-11(13,14)9-3-1-2-7(5-9)4-8(6-15)10(16)17/h1-3,5,8,15H,4,6H2,(H,16,17)/t8-/m1/s1. The van der Waals surface area contributed by atoms with Crippen molar-refractivity contribution in [2.24, 2.45) is 5.92 Å². The summed E-state index contributed by atoms with van der Waals surface area (Å²) in [6, 6.07) is 4.43. The summed E-state index contributed by atoms with van der Waals surface area (Å²) in [5.41, 5.74) is -0.585. The molecule has 0 bridgehead atoms. The quantitative estimate of drug-likeness (QED) is 0.856. The van der Waals surface area contributed by atoms with Gasteiger partial charge in [0.15, 0.2) is 0 Å². The second-order valence-electron chi connectivity index (χ2n) is 3.62. The molecule has 0 aliphatic heterocycles. The van der Waals surface area contributed by atoms with Gasteiger partial charge in [0.05, 0.1) is 18.1 Å². The van der Waals surface area contributed by atoms with Crippen molar-refractivity contribution in [1.82, 2.24) is 0 Å². The Hall–Kier alpha value is -1.56. The Morgan fingerprint density at radius 1 is 1.35 bits per heavy atom. The maximum Gasteiger partial charge on any atom is 0.416 e. The molecule has 0 radical (unpaired) electrons. The van der Waals surface area contributed by atoms with E-state index in [2.05, 4.69) is 0 Å². The number of aliphatic hydroxyl groups excluding tert-OH is 1. The minimum absolute atomic E-state index is 0.129. The van der Waals surface area contributed by atoms with Crippen LogP contribution in [0.4, 0.5) is 13.2 Å². The molecule has 3 nitrogen and oxygen atoms in total. The fraction of sp³-hybridized carbons (Fsp3) is 0.364. The van der Waals surface area contributed by atoms with Gasteiger partial charge in [0.1, 0.15) is 0 Å². The van der Waals surface area contributed by atoms with Crippen LogP contribution >= 0.6 is 0 Å². The van der Waals surface area contributed by atoms with E-state index in [9.17, 15) is 18.0 Å². The molecular weight excluding hydrogens is 237 g/mol.